The fraction of sp³-hybridized carbons (Fsp3) is 0.727. The Morgan fingerprint density at radius 3 is 2.61 bits per heavy atom. The average molecular weight is 295 g/mol. The van der Waals surface area contributed by atoms with Gasteiger partial charge in [0.25, 0.3) is 5.26 Å². The maximum atomic E-state index is 12.7. The minimum Gasteiger partial charge on any atom is -0.368 e. The Morgan fingerprint density at radius 2 is 2.06 bits per heavy atom. The molecule has 0 saturated heterocycles. The topological polar surface area (TPSA) is 63.0 Å². The molecule has 104 valence electrons. The standard InChI is InChI=1S/C11H20ClFN4S/c1-11(2,7-14)16-6-4-3-5-15-9-8(12)18-10(13)17-9/h15-16H,3-7,14H2,1-2H3. The minimum atomic E-state index is -0.506. The lowest BCUT2D eigenvalue weighted by atomic mass is 10.1. The number of rotatable bonds is 8. The molecule has 0 atom stereocenters. The Hall–Kier alpha value is -0.430. The molecule has 1 rings (SSSR count). The molecule has 0 radical (unpaired) electrons. The Balaban J connectivity index is 2.11. The number of unbranched alkanes of at least 4 members (excludes halogenated alkanes) is 1. The number of nitrogens with two attached hydrogens (primary N) is 1. The number of halogens is 2. The van der Waals surface area contributed by atoms with Gasteiger partial charge in [-0.3, -0.25) is 0 Å². The van der Waals surface area contributed by atoms with Crippen LogP contribution in [0.3, 0.4) is 0 Å². The molecular weight excluding hydrogens is 275 g/mol. The molecule has 0 aliphatic heterocycles. The third-order valence-electron chi connectivity index (χ3n) is 2.57. The van der Waals surface area contributed by atoms with E-state index in [9.17, 15) is 4.39 Å². The van der Waals surface area contributed by atoms with Crippen molar-refractivity contribution in [1.29, 1.82) is 0 Å². The van der Waals surface area contributed by atoms with E-state index >= 15 is 0 Å². The van der Waals surface area contributed by atoms with Gasteiger partial charge in [-0.25, -0.2) is 0 Å². The molecule has 7 heteroatoms. The molecule has 0 bridgehead atoms. The van der Waals surface area contributed by atoms with Crippen LogP contribution in [-0.4, -0.2) is 30.2 Å². The van der Waals surface area contributed by atoms with Crippen LogP contribution in [0.2, 0.25) is 4.34 Å². The molecule has 4 nitrogen and oxygen atoms in total. The molecular formula is C11H20ClFN4S. The van der Waals surface area contributed by atoms with Crippen LogP contribution in [0.1, 0.15) is 26.7 Å². The molecule has 1 heterocycles. The SMILES string of the molecule is CC(C)(CN)NCCCCNc1nc(F)sc1Cl. The highest BCUT2D eigenvalue weighted by molar-refractivity contribution is 7.15. The van der Waals surface area contributed by atoms with Crippen molar-refractivity contribution in [3.8, 4) is 0 Å². The number of hydrogen-bond acceptors (Lipinski definition) is 5. The average Bonchev–Trinajstić information content (AvgIpc) is 2.62. The van der Waals surface area contributed by atoms with Crippen LogP contribution in [0.4, 0.5) is 10.2 Å². The second-order valence-electron chi connectivity index (χ2n) is 4.74. The Labute approximate surface area is 116 Å². The van der Waals surface area contributed by atoms with Crippen molar-refractivity contribution in [2.24, 2.45) is 5.73 Å². The van der Waals surface area contributed by atoms with Gasteiger partial charge in [-0.05, 0) is 33.2 Å². The van der Waals surface area contributed by atoms with Crippen LogP contribution in [0.25, 0.3) is 0 Å². The van der Waals surface area contributed by atoms with Crippen LogP contribution in [-0.2, 0) is 0 Å². The van der Waals surface area contributed by atoms with E-state index in [1.54, 1.807) is 0 Å². The van der Waals surface area contributed by atoms with Crippen LogP contribution in [0.15, 0.2) is 0 Å². The summed E-state index contributed by atoms with van der Waals surface area (Å²) in [6, 6.07) is 0. The number of nitrogens with zero attached hydrogens (tertiary/aromatic N) is 1. The maximum Gasteiger partial charge on any atom is 0.272 e. The molecule has 0 amide bonds. The molecule has 0 aliphatic rings. The third kappa shape index (κ3) is 5.48. The lowest BCUT2D eigenvalue weighted by Crippen LogP contribution is -2.46. The monoisotopic (exact) mass is 294 g/mol. The number of nitrogens with one attached hydrogen (secondary N) is 2. The Bertz CT molecular complexity index is 370. The summed E-state index contributed by atoms with van der Waals surface area (Å²) < 4.78 is 13.1. The van der Waals surface area contributed by atoms with Gasteiger partial charge in [0.2, 0.25) is 0 Å². The third-order valence-corrected chi connectivity index (χ3v) is 3.61. The highest BCUT2D eigenvalue weighted by Crippen LogP contribution is 2.27. The van der Waals surface area contributed by atoms with Crippen molar-refractivity contribution in [2.75, 3.05) is 25.0 Å². The van der Waals surface area contributed by atoms with Gasteiger partial charge in [-0.1, -0.05) is 22.9 Å². The molecule has 0 fully saturated rings. The van der Waals surface area contributed by atoms with Crippen molar-refractivity contribution in [1.82, 2.24) is 10.3 Å². The summed E-state index contributed by atoms with van der Waals surface area (Å²) in [4.78, 5) is 3.66. The van der Waals surface area contributed by atoms with Gasteiger partial charge in [0.1, 0.15) is 4.34 Å². The summed E-state index contributed by atoms with van der Waals surface area (Å²) in [5.74, 6) is 0.439. The van der Waals surface area contributed by atoms with Crippen LogP contribution in [0.5, 0.6) is 0 Å². The summed E-state index contributed by atoms with van der Waals surface area (Å²) >= 11 is 6.63. The first-order valence-corrected chi connectivity index (χ1v) is 7.15. The van der Waals surface area contributed by atoms with Crippen molar-refractivity contribution in [3.63, 3.8) is 0 Å². The van der Waals surface area contributed by atoms with E-state index in [1.807, 2.05) is 0 Å². The minimum absolute atomic E-state index is 0.0191. The van der Waals surface area contributed by atoms with Gasteiger partial charge in [-0.15, -0.1) is 0 Å². The summed E-state index contributed by atoms with van der Waals surface area (Å²) in [5, 5.41) is 5.89. The molecule has 1 aromatic heterocycles. The molecule has 0 spiro atoms. The number of thiazole rings is 1. The largest absolute Gasteiger partial charge is 0.368 e. The van der Waals surface area contributed by atoms with Gasteiger partial charge in [-0.2, -0.15) is 9.37 Å². The molecule has 1 aromatic rings. The van der Waals surface area contributed by atoms with E-state index in [-0.39, 0.29) is 5.54 Å². The van der Waals surface area contributed by atoms with Gasteiger partial charge >= 0.3 is 0 Å². The van der Waals surface area contributed by atoms with Gasteiger partial charge in [0, 0.05) is 18.6 Å². The lowest BCUT2D eigenvalue weighted by molar-refractivity contribution is 0.394. The van der Waals surface area contributed by atoms with E-state index in [0.29, 0.717) is 16.7 Å². The summed E-state index contributed by atoms with van der Waals surface area (Å²) in [6.45, 7) is 6.39. The van der Waals surface area contributed by atoms with Crippen LogP contribution >= 0.6 is 22.9 Å². The predicted molar refractivity (Wildman–Crippen MR) is 75.9 cm³/mol. The number of aromatic nitrogens is 1. The van der Waals surface area contributed by atoms with Gasteiger partial charge in [0.15, 0.2) is 5.82 Å². The van der Waals surface area contributed by atoms with Gasteiger partial charge in [0.05, 0.1) is 0 Å². The zero-order chi connectivity index (χ0) is 13.6. The van der Waals surface area contributed by atoms with Crippen molar-refractivity contribution < 1.29 is 4.39 Å². The van der Waals surface area contributed by atoms with E-state index in [1.165, 1.54) is 0 Å². The predicted octanol–water partition coefficient (Wildman–Crippen LogP) is 2.45. The molecule has 18 heavy (non-hydrogen) atoms. The zero-order valence-corrected chi connectivity index (χ0v) is 12.3. The first-order chi connectivity index (χ1) is 8.44. The molecule has 0 aromatic carbocycles. The summed E-state index contributed by atoms with van der Waals surface area (Å²) in [5.41, 5.74) is 5.59. The van der Waals surface area contributed by atoms with Crippen molar-refractivity contribution in [2.45, 2.75) is 32.2 Å². The Kier molecular flexibility index (Phi) is 6.28. The van der Waals surface area contributed by atoms with E-state index in [4.69, 9.17) is 17.3 Å². The van der Waals surface area contributed by atoms with Crippen molar-refractivity contribution >= 4 is 28.8 Å². The summed E-state index contributed by atoms with van der Waals surface area (Å²) in [6.07, 6.45) is 1.98. The van der Waals surface area contributed by atoms with Crippen molar-refractivity contribution in [3.05, 3.63) is 9.60 Å². The maximum absolute atomic E-state index is 12.7. The highest BCUT2D eigenvalue weighted by atomic mass is 35.5. The van der Waals surface area contributed by atoms with E-state index < -0.39 is 5.26 Å². The molecule has 0 saturated carbocycles. The second kappa shape index (κ2) is 7.23. The number of hydrogen-bond donors (Lipinski definition) is 3. The second-order valence-corrected chi connectivity index (χ2v) is 6.29. The molecule has 4 N–H and O–H groups in total. The smallest absolute Gasteiger partial charge is 0.272 e. The first-order valence-electron chi connectivity index (χ1n) is 5.95. The number of anilines is 1. The van der Waals surface area contributed by atoms with E-state index in [0.717, 1.165) is 37.3 Å². The fourth-order valence-corrected chi connectivity index (χ4v) is 2.14. The summed E-state index contributed by atoms with van der Waals surface area (Å²) in [7, 11) is 0. The normalized spacial score (nSPS) is 11.8. The van der Waals surface area contributed by atoms with Crippen LogP contribution < -0.4 is 16.4 Å². The fourth-order valence-electron chi connectivity index (χ4n) is 1.34. The quantitative estimate of drug-likeness (QED) is 0.645. The highest BCUT2D eigenvalue weighted by Gasteiger charge is 2.13. The molecule has 0 aliphatic carbocycles. The van der Waals surface area contributed by atoms with E-state index in [2.05, 4.69) is 29.5 Å². The van der Waals surface area contributed by atoms with Gasteiger partial charge < -0.3 is 16.4 Å². The van der Waals surface area contributed by atoms with Crippen LogP contribution in [0, 0.1) is 5.26 Å². The zero-order valence-electron chi connectivity index (χ0n) is 10.7. The molecule has 0 unspecified atom stereocenters. The Morgan fingerprint density at radius 1 is 1.39 bits per heavy atom. The first kappa shape index (κ1) is 15.6. The lowest BCUT2D eigenvalue weighted by Gasteiger charge is -2.24.